The van der Waals surface area contributed by atoms with Gasteiger partial charge in [0.05, 0.1) is 23.8 Å². The first-order chi connectivity index (χ1) is 15.6. The molecule has 0 radical (unpaired) electrons. The van der Waals surface area contributed by atoms with Gasteiger partial charge in [0.25, 0.3) is 11.8 Å². The fourth-order valence-corrected chi connectivity index (χ4v) is 4.12. The molecule has 0 saturated carbocycles. The molecule has 1 aliphatic rings. The fraction of sp³-hybridized carbons (Fsp3) is 0.182. The normalized spacial score (nSPS) is 17.0. The van der Waals surface area contributed by atoms with Gasteiger partial charge in [0.2, 0.25) is 0 Å². The van der Waals surface area contributed by atoms with Crippen LogP contribution >= 0.6 is 0 Å². The van der Waals surface area contributed by atoms with Gasteiger partial charge in [-0.2, -0.15) is 13.2 Å². The molecule has 1 unspecified atom stereocenters. The first-order valence-corrected chi connectivity index (χ1v) is 11.3. The number of benzene rings is 2. The minimum absolute atomic E-state index is 0.0303. The van der Waals surface area contributed by atoms with Crippen LogP contribution in [0.3, 0.4) is 0 Å². The smallest absolute Gasteiger partial charge is 0.416 e. The van der Waals surface area contributed by atoms with E-state index in [2.05, 4.69) is 5.32 Å². The molecule has 33 heavy (non-hydrogen) atoms. The largest absolute Gasteiger partial charge is 0.612 e. The lowest BCUT2D eigenvalue weighted by Crippen LogP contribution is -2.46. The van der Waals surface area contributed by atoms with Crippen LogP contribution in [-0.2, 0) is 17.4 Å². The van der Waals surface area contributed by atoms with Crippen LogP contribution in [0, 0.1) is 0 Å². The van der Waals surface area contributed by atoms with Crippen molar-refractivity contribution in [2.45, 2.75) is 17.2 Å². The van der Waals surface area contributed by atoms with Gasteiger partial charge in [0.15, 0.2) is 4.90 Å². The van der Waals surface area contributed by atoms with Gasteiger partial charge in [-0.05, 0) is 65.8 Å². The van der Waals surface area contributed by atoms with Crippen molar-refractivity contribution < 1.29 is 27.3 Å². The van der Waals surface area contributed by atoms with E-state index in [1.807, 2.05) is 0 Å². The van der Waals surface area contributed by atoms with Crippen LogP contribution in [0.25, 0.3) is 0 Å². The van der Waals surface area contributed by atoms with Gasteiger partial charge in [-0.1, -0.05) is 0 Å². The molecule has 2 aromatic carbocycles. The molecule has 0 bridgehead atoms. The number of hydrogen-bond donors (Lipinski definition) is 2. The summed E-state index contributed by atoms with van der Waals surface area (Å²) >= 11 is -1.16. The standard InChI is InChI=1S/C22H19F3N4O3S/c1-33(32)16-8-4-14(5-9-16)27-20(30)17-10-11-28-18(26)12-29(21(31)19(17)28)15-6-2-13(3-7-15)22(23,24)25/h2-11,18H,12,26H2,1H3,(H,27,30)/t18-,33?/m1/s1. The molecule has 2 heterocycles. The number of nitrogens with two attached hydrogens (primary N) is 1. The van der Waals surface area contributed by atoms with Crippen molar-refractivity contribution in [2.75, 3.05) is 23.0 Å². The molecule has 1 aromatic heterocycles. The number of carbonyl (C=O) groups is 2. The summed E-state index contributed by atoms with van der Waals surface area (Å²) in [6.45, 7) is 0.0303. The van der Waals surface area contributed by atoms with Crippen molar-refractivity contribution in [2.24, 2.45) is 5.73 Å². The Bertz CT molecular complexity index is 1190. The van der Waals surface area contributed by atoms with Gasteiger partial charge in [-0.15, -0.1) is 0 Å². The quantitative estimate of drug-likeness (QED) is 0.562. The van der Waals surface area contributed by atoms with Gasteiger partial charge < -0.3 is 25.1 Å². The number of fused-ring (bicyclic) bond motifs is 1. The summed E-state index contributed by atoms with van der Waals surface area (Å²) in [5.41, 5.74) is 6.15. The highest BCUT2D eigenvalue weighted by molar-refractivity contribution is 7.90. The molecule has 3 aromatic rings. The molecular weight excluding hydrogens is 457 g/mol. The van der Waals surface area contributed by atoms with Crippen molar-refractivity contribution in [3.63, 3.8) is 0 Å². The molecule has 172 valence electrons. The number of nitrogens with one attached hydrogen (secondary N) is 1. The lowest BCUT2D eigenvalue weighted by molar-refractivity contribution is -0.137. The number of rotatable bonds is 4. The van der Waals surface area contributed by atoms with Crippen LogP contribution in [-0.4, -0.2) is 33.7 Å². The maximum atomic E-state index is 13.2. The van der Waals surface area contributed by atoms with E-state index in [1.165, 1.54) is 33.9 Å². The third kappa shape index (κ3) is 4.47. The van der Waals surface area contributed by atoms with Crippen LogP contribution in [0.4, 0.5) is 24.5 Å². The summed E-state index contributed by atoms with van der Waals surface area (Å²) in [7, 11) is 0. The van der Waals surface area contributed by atoms with E-state index in [4.69, 9.17) is 5.73 Å². The van der Waals surface area contributed by atoms with E-state index < -0.39 is 40.9 Å². The Balaban J connectivity index is 1.60. The zero-order valence-electron chi connectivity index (χ0n) is 17.3. The van der Waals surface area contributed by atoms with Crippen molar-refractivity contribution in [3.05, 3.63) is 77.6 Å². The summed E-state index contributed by atoms with van der Waals surface area (Å²) in [6.07, 6.45) is -2.12. The van der Waals surface area contributed by atoms with Crippen molar-refractivity contribution >= 4 is 34.4 Å². The highest BCUT2D eigenvalue weighted by atomic mass is 32.2. The summed E-state index contributed by atoms with van der Waals surface area (Å²) < 4.78 is 51.6. The molecule has 2 amide bonds. The molecule has 11 heteroatoms. The topological polar surface area (TPSA) is 103 Å². The molecule has 4 rings (SSSR count). The predicted octanol–water partition coefficient (Wildman–Crippen LogP) is 3.61. The third-order valence-electron chi connectivity index (χ3n) is 5.28. The highest BCUT2D eigenvalue weighted by Crippen LogP contribution is 2.32. The van der Waals surface area contributed by atoms with Crippen LogP contribution in [0.15, 0.2) is 65.7 Å². The van der Waals surface area contributed by atoms with Crippen LogP contribution in [0.1, 0.15) is 32.6 Å². The first-order valence-electron chi connectivity index (χ1n) is 9.76. The molecule has 0 fully saturated rings. The van der Waals surface area contributed by atoms with E-state index in [0.717, 1.165) is 12.1 Å². The average molecular weight is 476 g/mol. The summed E-state index contributed by atoms with van der Waals surface area (Å²) in [4.78, 5) is 28.0. The molecular formula is C22H19F3N4O3S. The number of carbonyl (C=O) groups excluding carboxylic acids is 2. The molecule has 7 nitrogen and oxygen atoms in total. The zero-order chi connectivity index (χ0) is 23.9. The van der Waals surface area contributed by atoms with Gasteiger partial charge in [0.1, 0.15) is 11.9 Å². The number of hydrogen-bond acceptors (Lipinski definition) is 4. The number of anilines is 2. The number of halogens is 3. The summed E-state index contributed by atoms with van der Waals surface area (Å²) in [5, 5.41) is 2.69. The van der Waals surface area contributed by atoms with E-state index in [9.17, 15) is 27.3 Å². The monoisotopic (exact) mass is 476 g/mol. The number of amides is 2. The van der Waals surface area contributed by atoms with Crippen molar-refractivity contribution in [1.82, 2.24) is 4.57 Å². The second-order valence-electron chi connectivity index (χ2n) is 7.45. The van der Waals surface area contributed by atoms with Crippen molar-refractivity contribution in [1.29, 1.82) is 0 Å². The molecule has 0 aliphatic carbocycles. The maximum Gasteiger partial charge on any atom is 0.416 e. The number of nitrogens with zero attached hydrogens (tertiary/aromatic N) is 2. The van der Waals surface area contributed by atoms with E-state index in [-0.39, 0.29) is 23.5 Å². The fourth-order valence-electron chi connectivity index (χ4n) is 3.60. The lowest BCUT2D eigenvalue weighted by atomic mass is 10.1. The van der Waals surface area contributed by atoms with Crippen LogP contribution in [0.2, 0.25) is 0 Å². The number of aromatic nitrogens is 1. The Morgan fingerprint density at radius 3 is 2.33 bits per heavy atom. The Hall–Kier alpha value is -3.28. The van der Waals surface area contributed by atoms with Gasteiger partial charge in [0, 0.05) is 17.6 Å². The maximum absolute atomic E-state index is 13.2. The highest BCUT2D eigenvalue weighted by Gasteiger charge is 2.35. The van der Waals surface area contributed by atoms with Gasteiger partial charge in [-0.25, -0.2) is 0 Å². The summed E-state index contributed by atoms with van der Waals surface area (Å²) in [6, 6.07) is 12.1. The molecule has 0 saturated heterocycles. The summed E-state index contributed by atoms with van der Waals surface area (Å²) in [5.74, 6) is -1.10. The molecule has 3 N–H and O–H groups in total. The Morgan fingerprint density at radius 1 is 1.12 bits per heavy atom. The van der Waals surface area contributed by atoms with E-state index >= 15 is 0 Å². The van der Waals surface area contributed by atoms with E-state index in [1.54, 1.807) is 30.5 Å². The number of alkyl halides is 3. The minimum atomic E-state index is -4.49. The zero-order valence-corrected chi connectivity index (χ0v) is 18.1. The first kappa shape index (κ1) is 22.9. The molecule has 1 aliphatic heterocycles. The molecule has 2 atom stereocenters. The van der Waals surface area contributed by atoms with Crippen LogP contribution < -0.4 is 16.0 Å². The van der Waals surface area contributed by atoms with E-state index in [0.29, 0.717) is 10.6 Å². The van der Waals surface area contributed by atoms with Crippen molar-refractivity contribution in [3.8, 4) is 0 Å². The van der Waals surface area contributed by atoms with Gasteiger partial charge in [-0.3, -0.25) is 9.59 Å². The Kier molecular flexibility index (Phi) is 5.95. The van der Waals surface area contributed by atoms with Crippen LogP contribution in [0.5, 0.6) is 0 Å². The average Bonchev–Trinajstić information content (AvgIpc) is 3.22. The minimum Gasteiger partial charge on any atom is -0.612 e. The lowest BCUT2D eigenvalue weighted by Gasteiger charge is -2.33. The SMILES string of the molecule is C[S+]([O-])c1ccc(NC(=O)c2ccn3c2C(=O)N(c2ccc(C(F)(F)F)cc2)C[C@@H]3N)cc1. The Labute approximate surface area is 190 Å². The second kappa shape index (κ2) is 8.58. The molecule has 0 spiro atoms. The third-order valence-corrected chi connectivity index (χ3v) is 6.22. The van der Waals surface area contributed by atoms with Gasteiger partial charge >= 0.3 is 6.18 Å². The second-order valence-corrected chi connectivity index (χ2v) is 8.83. The Morgan fingerprint density at radius 2 is 1.76 bits per heavy atom. The predicted molar refractivity (Wildman–Crippen MR) is 118 cm³/mol.